The van der Waals surface area contributed by atoms with Crippen LogP contribution < -0.4 is 5.73 Å². The Balaban J connectivity index is 2.04. The lowest BCUT2D eigenvalue weighted by molar-refractivity contribution is -0.133. The average Bonchev–Trinajstić information content (AvgIpc) is 2.62. The van der Waals surface area contributed by atoms with Crippen LogP contribution in [0.5, 0.6) is 0 Å². The maximum Gasteiger partial charge on any atom is 0.244 e. The summed E-state index contributed by atoms with van der Waals surface area (Å²) in [5, 5.41) is 20.4. The predicted octanol–water partition coefficient (Wildman–Crippen LogP) is -0.735. The summed E-state index contributed by atoms with van der Waals surface area (Å²) in [6, 6.07) is 0. The van der Waals surface area contributed by atoms with Crippen LogP contribution in [0.4, 0.5) is 5.95 Å². The fourth-order valence-electron chi connectivity index (χ4n) is 2.47. The molecule has 1 aliphatic heterocycles. The smallest absolute Gasteiger partial charge is 0.244 e. The molecule has 0 aromatic carbocycles. The number of aliphatic hydroxyl groups excluding tert-OH is 1. The molecule has 19 heavy (non-hydrogen) atoms. The number of nitrogens with zero attached hydrogens (tertiary/aromatic N) is 5. The Morgan fingerprint density at radius 2 is 2.32 bits per heavy atom. The van der Waals surface area contributed by atoms with Crippen LogP contribution >= 0.6 is 0 Å². The van der Waals surface area contributed by atoms with Crippen LogP contribution in [0.25, 0.3) is 0 Å². The van der Waals surface area contributed by atoms with Gasteiger partial charge in [-0.25, -0.2) is 4.68 Å². The molecule has 1 fully saturated rings. The summed E-state index contributed by atoms with van der Waals surface area (Å²) < 4.78 is 1.27. The first-order valence-corrected chi connectivity index (χ1v) is 6.35. The summed E-state index contributed by atoms with van der Waals surface area (Å²) in [6.45, 7) is 5.29. The van der Waals surface area contributed by atoms with Gasteiger partial charge in [-0.15, -0.1) is 0 Å². The topological polar surface area (TPSA) is 110 Å². The lowest BCUT2D eigenvalue weighted by atomic mass is 9.87. The highest BCUT2D eigenvalue weighted by Crippen LogP contribution is 2.28. The average molecular weight is 268 g/mol. The zero-order valence-electron chi connectivity index (χ0n) is 11.3. The third-order valence-electron chi connectivity index (χ3n) is 3.34. The van der Waals surface area contributed by atoms with E-state index in [0.717, 1.165) is 0 Å². The van der Waals surface area contributed by atoms with Crippen molar-refractivity contribution < 1.29 is 9.90 Å². The Morgan fingerprint density at radius 1 is 1.58 bits per heavy atom. The Morgan fingerprint density at radius 3 is 2.95 bits per heavy atom. The first-order valence-electron chi connectivity index (χ1n) is 6.35. The molecule has 0 aliphatic carbocycles. The molecule has 2 heterocycles. The van der Waals surface area contributed by atoms with Gasteiger partial charge in [-0.3, -0.25) is 4.79 Å². The molecule has 1 atom stereocenters. The maximum absolute atomic E-state index is 12.2. The molecule has 1 aromatic rings. The molecule has 0 spiro atoms. The third-order valence-corrected chi connectivity index (χ3v) is 3.34. The summed E-state index contributed by atoms with van der Waals surface area (Å²) in [4.78, 5) is 14.0. The highest BCUT2D eigenvalue weighted by atomic mass is 16.3. The van der Waals surface area contributed by atoms with E-state index in [1.54, 1.807) is 4.90 Å². The molecule has 1 saturated heterocycles. The van der Waals surface area contributed by atoms with Gasteiger partial charge in [0, 0.05) is 13.1 Å². The molecule has 8 heteroatoms. The second kappa shape index (κ2) is 5.12. The van der Waals surface area contributed by atoms with Crippen molar-refractivity contribution in [1.82, 2.24) is 25.1 Å². The van der Waals surface area contributed by atoms with E-state index in [1.807, 2.05) is 13.8 Å². The van der Waals surface area contributed by atoms with E-state index in [0.29, 0.717) is 25.9 Å². The molecule has 1 unspecified atom stereocenters. The van der Waals surface area contributed by atoms with Gasteiger partial charge in [-0.1, -0.05) is 18.9 Å². The number of anilines is 1. The van der Waals surface area contributed by atoms with Gasteiger partial charge in [0.25, 0.3) is 0 Å². The Kier molecular flexibility index (Phi) is 3.70. The standard InChI is InChI=1S/C11H20N6O2/c1-11(2)5-8(18)3-4-16(7-11)9(19)6-17-10(12)13-14-15-17/h8,18H,3-7H2,1-2H3,(H2,12,13,15). The molecule has 8 nitrogen and oxygen atoms in total. The van der Waals surface area contributed by atoms with Crippen molar-refractivity contribution >= 4 is 11.9 Å². The highest BCUT2D eigenvalue weighted by Gasteiger charge is 2.31. The number of aromatic nitrogens is 4. The van der Waals surface area contributed by atoms with E-state index in [1.165, 1.54) is 4.68 Å². The molecule has 1 aliphatic rings. The van der Waals surface area contributed by atoms with E-state index in [2.05, 4.69) is 15.5 Å². The van der Waals surface area contributed by atoms with Crippen molar-refractivity contribution in [2.75, 3.05) is 18.8 Å². The minimum absolute atomic E-state index is 0.0327. The lowest BCUT2D eigenvalue weighted by Crippen LogP contribution is -2.39. The second-order valence-corrected chi connectivity index (χ2v) is 5.82. The zero-order chi connectivity index (χ0) is 14.0. The Bertz CT molecular complexity index is 458. The quantitative estimate of drug-likeness (QED) is 0.731. The van der Waals surface area contributed by atoms with Crippen LogP contribution in [-0.2, 0) is 11.3 Å². The number of rotatable bonds is 2. The first-order chi connectivity index (χ1) is 8.87. The van der Waals surface area contributed by atoms with Crippen molar-refractivity contribution in [1.29, 1.82) is 0 Å². The van der Waals surface area contributed by atoms with E-state index >= 15 is 0 Å². The largest absolute Gasteiger partial charge is 0.393 e. The number of aliphatic hydroxyl groups is 1. The molecule has 0 saturated carbocycles. The van der Waals surface area contributed by atoms with Gasteiger partial charge in [-0.05, 0) is 28.7 Å². The molecular weight excluding hydrogens is 248 g/mol. The second-order valence-electron chi connectivity index (χ2n) is 5.82. The summed E-state index contributed by atoms with van der Waals surface area (Å²) >= 11 is 0. The molecule has 106 valence electrons. The first kappa shape index (κ1) is 13.7. The minimum atomic E-state index is -0.356. The predicted molar refractivity (Wildman–Crippen MR) is 67.8 cm³/mol. The molecule has 0 radical (unpaired) electrons. The fourth-order valence-corrected chi connectivity index (χ4v) is 2.47. The Hall–Kier alpha value is -1.70. The van der Waals surface area contributed by atoms with E-state index in [4.69, 9.17) is 5.73 Å². The summed E-state index contributed by atoms with van der Waals surface area (Å²) in [5.74, 6) is 0.0450. The monoisotopic (exact) mass is 268 g/mol. The van der Waals surface area contributed by atoms with Crippen LogP contribution in [0.1, 0.15) is 26.7 Å². The zero-order valence-corrected chi connectivity index (χ0v) is 11.3. The van der Waals surface area contributed by atoms with Gasteiger partial charge in [0.05, 0.1) is 6.10 Å². The SMILES string of the molecule is CC1(C)CC(O)CCN(C(=O)Cn2nnnc2N)C1. The van der Waals surface area contributed by atoms with E-state index in [9.17, 15) is 9.90 Å². The number of likely N-dealkylation sites (tertiary alicyclic amines) is 1. The van der Waals surface area contributed by atoms with Gasteiger partial charge in [0.2, 0.25) is 11.9 Å². The molecule has 3 N–H and O–H groups in total. The number of nitrogen functional groups attached to an aromatic ring is 1. The van der Waals surface area contributed by atoms with Crippen LogP contribution in [0.15, 0.2) is 0 Å². The van der Waals surface area contributed by atoms with E-state index in [-0.39, 0.29) is 29.9 Å². The molecule has 1 aromatic heterocycles. The van der Waals surface area contributed by atoms with Crippen LogP contribution in [-0.4, -0.2) is 55.3 Å². The summed E-state index contributed by atoms with van der Waals surface area (Å²) in [7, 11) is 0. The van der Waals surface area contributed by atoms with Crippen molar-refractivity contribution in [2.24, 2.45) is 5.41 Å². The van der Waals surface area contributed by atoms with Crippen LogP contribution in [0.2, 0.25) is 0 Å². The third kappa shape index (κ3) is 3.40. The molecule has 0 bridgehead atoms. The van der Waals surface area contributed by atoms with Crippen molar-refractivity contribution in [3.63, 3.8) is 0 Å². The maximum atomic E-state index is 12.2. The Labute approximate surface area is 111 Å². The normalized spacial score (nSPS) is 23.1. The lowest BCUT2D eigenvalue weighted by Gasteiger charge is -2.29. The van der Waals surface area contributed by atoms with Gasteiger partial charge in [0.15, 0.2) is 0 Å². The summed E-state index contributed by atoms with van der Waals surface area (Å²) in [6.07, 6.45) is 0.940. The number of hydrogen-bond acceptors (Lipinski definition) is 6. The fraction of sp³-hybridized carbons (Fsp3) is 0.818. The number of carbonyl (C=O) groups is 1. The van der Waals surface area contributed by atoms with Crippen LogP contribution in [0, 0.1) is 5.41 Å². The number of nitrogens with two attached hydrogens (primary N) is 1. The number of tetrazole rings is 1. The summed E-state index contributed by atoms with van der Waals surface area (Å²) in [5.41, 5.74) is 5.44. The van der Waals surface area contributed by atoms with Crippen molar-refractivity contribution in [2.45, 2.75) is 39.3 Å². The van der Waals surface area contributed by atoms with Crippen molar-refractivity contribution in [3.05, 3.63) is 0 Å². The number of carbonyl (C=O) groups excluding carboxylic acids is 1. The highest BCUT2D eigenvalue weighted by molar-refractivity contribution is 5.76. The van der Waals surface area contributed by atoms with Gasteiger partial charge in [-0.2, -0.15) is 0 Å². The minimum Gasteiger partial charge on any atom is -0.393 e. The molecule has 1 amide bonds. The van der Waals surface area contributed by atoms with Gasteiger partial charge >= 0.3 is 0 Å². The van der Waals surface area contributed by atoms with E-state index < -0.39 is 0 Å². The molecule has 2 rings (SSSR count). The van der Waals surface area contributed by atoms with Gasteiger partial charge < -0.3 is 15.7 Å². The van der Waals surface area contributed by atoms with Crippen LogP contribution in [0.3, 0.4) is 0 Å². The van der Waals surface area contributed by atoms with Crippen molar-refractivity contribution in [3.8, 4) is 0 Å². The van der Waals surface area contributed by atoms with Gasteiger partial charge in [0.1, 0.15) is 6.54 Å². The number of amides is 1. The molecular formula is C11H20N6O2. The number of hydrogen-bond donors (Lipinski definition) is 2.